The van der Waals surface area contributed by atoms with Gasteiger partial charge in [-0.15, -0.1) is 0 Å². The molecule has 0 saturated heterocycles. The third-order valence-electron chi connectivity index (χ3n) is 2.28. The molecule has 0 radical (unpaired) electrons. The Morgan fingerprint density at radius 1 is 1.37 bits per heavy atom. The summed E-state index contributed by atoms with van der Waals surface area (Å²) in [4.78, 5) is 20.0. The molecular formula is C13H12BrN3O2. The smallest absolute Gasteiger partial charge is 0.255 e. The number of hydrogen-bond donors (Lipinski definition) is 1. The summed E-state index contributed by atoms with van der Waals surface area (Å²) in [6.07, 6.45) is 3.12. The van der Waals surface area contributed by atoms with Gasteiger partial charge in [-0.05, 0) is 41.1 Å². The highest BCUT2D eigenvalue weighted by Crippen LogP contribution is 2.14. The molecule has 0 aliphatic heterocycles. The lowest BCUT2D eigenvalue weighted by atomic mass is 10.2. The van der Waals surface area contributed by atoms with Gasteiger partial charge >= 0.3 is 0 Å². The van der Waals surface area contributed by atoms with E-state index in [0.717, 1.165) is 0 Å². The standard InChI is InChI=1S/C13H12BrN3O2/c1-2-19-12-4-3-10(8-16-12)17-13(18)9-5-6-15-11(14)7-9/h3-8H,2H2,1H3,(H,17,18). The van der Waals surface area contributed by atoms with Crippen LogP contribution in [0.25, 0.3) is 0 Å². The second-order valence-electron chi connectivity index (χ2n) is 3.64. The monoisotopic (exact) mass is 321 g/mol. The third-order valence-corrected chi connectivity index (χ3v) is 2.71. The number of halogens is 1. The molecule has 0 aromatic carbocycles. The predicted octanol–water partition coefficient (Wildman–Crippen LogP) is 2.89. The number of carbonyl (C=O) groups is 1. The van der Waals surface area contributed by atoms with Crippen LogP contribution in [-0.4, -0.2) is 22.5 Å². The first-order valence-electron chi connectivity index (χ1n) is 5.71. The topological polar surface area (TPSA) is 64.1 Å². The highest BCUT2D eigenvalue weighted by molar-refractivity contribution is 9.10. The fourth-order valence-electron chi connectivity index (χ4n) is 1.43. The minimum atomic E-state index is -0.214. The summed E-state index contributed by atoms with van der Waals surface area (Å²) in [5.74, 6) is 0.321. The van der Waals surface area contributed by atoms with E-state index in [2.05, 4.69) is 31.2 Å². The van der Waals surface area contributed by atoms with Gasteiger partial charge in [0.05, 0.1) is 18.5 Å². The van der Waals surface area contributed by atoms with E-state index < -0.39 is 0 Å². The highest BCUT2D eigenvalue weighted by atomic mass is 79.9. The summed E-state index contributed by atoms with van der Waals surface area (Å²) in [6, 6.07) is 6.74. The number of ether oxygens (including phenoxy) is 1. The van der Waals surface area contributed by atoms with E-state index in [1.54, 1.807) is 36.7 Å². The zero-order chi connectivity index (χ0) is 13.7. The minimum Gasteiger partial charge on any atom is -0.478 e. The first-order chi connectivity index (χ1) is 9.19. The summed E-state index contributed by atoms with van der Waals surface area (Å²) in [5, 5.41) is 2.75. The number of anilines is 1. The molecule has 6 heteroatoms. The molecule has 2 aromatic heterocycles. The number of pyridine rings is 2. The van der Waals surface area contributed by atoms with Gasteiger partial charge in [0.25, 0.3) is 5.91 Å². The van der Waals surface area contributed by atoms with E-state index >= 15 is 0 Å². The van der Waals surface area contributed by atoms with Crippen LogP contribution in [0, 0.1) is 0 Å². The first kappa shape index (κ1) is 13.5. The molecule has 0 atom stereocenters. The van der Waals surface area contributed by atoms with Crippen LogP contribution < -0.4 is 10.1 Å². The van der Waals surface area contributed by atoms with E-state index in [4.69, 9.17) is 4.74 Å². The summed E-state index contributed by atoms with van der Waals surface area (Å²) in [6.45, 7) is 2.45. The van der Waals surface area contributed by atoms with Gasteiger partial charge in [-0.1, -0.05) is 0 Å². The second-order valence-corrected chi connectivity index (χ2v) is 4.45. The van der Waals surface area contributed by atoms with Crippen LogP contribution >= 0.6 is 15.9 Å². The van der Waals surface area contributed by atoms with Crippen LogP contribution in [0.1, 0.15) is 17.3 Å². The molecule has 2 rings (SSSR count). The van der Waals surface area contributed by atoms with Crippen LogP contribution in [0.15, 0.2) is 41.3 Å². The van der Waals surface area contributed by atoms with Crippen molar-refractivity contribution in [3.05, 3.63) is 46.8 Å². The number of rotatable bonds is 4. The normalized spacial score (nSPS) is 10.0. The van der Waals surface area contributed by atoms with Crippen LogP contribution in [0.5, 0.6) is 5.88 Å². The Morgan fingerprint density at radius 3 is 2.84 bits per heavy atom. The number of amides is 1. The molecule has 1 N–H and O–H groups in total. The highest BCUT2D eigenvalue weighted by Gasteiger charge is 2.07. The molecule has 0 saturated carbocycles. The molecule has 0 aliphatic carbocycles. The SMILES string of the molecule is CCOc1ccc(NC(=O)c2ccnc(Br)c2)cn1. The van der Waals surface area contributed by atoms with Crippen molar-refractivity contribution in [3.63, 3.8) is 0 Å². The quantitative estimate of drug-likeness (QED) is 0.879. The zero-order valence-corrected chi connectivity index (χ0v) is 11.8. The average molecular weight is 322 g/mol. The Balaban J connectivity index is 2.06. The number of nitrogens with one attached hydrogen (secondary N) is 1. The molecule has 5 nitrogen and oxygen atoms in total. The molecule has 2 aromatic rings. The second kappa shape index (κ2) is 6.29. The van der Waals surface area contributed by atoms with E-state index in [1.165, 1.54) is 0 Å². The Kier molecular flexibility index (Phi) is 4.46. The summed E-state index contributed by atoms with van der Waals surface area (Å²) >= 11 is 3.22. The Labute approximate surface area is 119 Å². The maximum absolute atomic E-state index is 12.0. The van der Waals surface area contributed by atoms with Crippen molar-refractivity contribution in [3.8, 4) is 5.88 Å². The van der Waals surface area contributed by atoms with Crippen molar-refractivity contribution in [2.24, 2.45) is 0 Å². The minimum absolute atomic E-state index is 0.214. The Bertz CT molecular complexity index is 572. The molecule has 0 bridgehead atoms. The summed E-state index contributed by atoms with van der Waals surface area (Å²) in [7, 11) is 0. The molecule has 0 spiro atoms. The number of nitrogens with zero attached hydrogens (tertiary/aromatic N) is 2. The lowest BCUT2D eigenvalue weighted by molar-refractivity contribution is 0.102. The van der Waals surface area contributed by atoms with E-state index in [1.807, 2.05) is 6.92 Å². The Hall–Kier alpha value is -1.95. The predicted molar refractivity (Wildman–Crippen MR) is 75.3 cm³/mol. The average Bonchev–Trinajstić information content (AvgIpc) is 2.41. The third kappa shape index (κ3) is 3.75. The van der Waals surface area contributed by atoms with Gasteiger partial charge in [0, 0.05) is 17.8 Å². The van der Waals surface area contributed by atoms with Gasteiger partial charge < -0.3 is 10.1 Å². The zero-order valence-electron chi connectivity index (χ0n) is 10.3. The van der Waals surface area contributed by atoms with Gasteiger partial charge in [0.2, 0.25) is 5.88 Å². The fraction of sp³-hybridized carbons (Fsp3) is 0.154. The van der Waals surface area contributed by atoms with Gasteiger partial charge in [0.1, 0.15) is 4.60 Å². The molecule has 19 heavy (non-hydrogen) atoms. The molecule has 98 valence electrons. The van der Waals surface area contributed by atoms with Crippen molar-refractivity contribution in [1.82, 2.24) is 9.97 Å². The van der Waals surface area contributed by atoms with Crippen LogP contribution in [0.2, 0.25) is 0 Å². The van der Waals surface area contributed by atoms with Gasteiger partial charge in [0.15, 0.2) is 0 Å². The van der Waals surface area contributed by atoms with Crippen molar-refractivity contribution in [1.29, 1.82) is 0 Å². The molecular weight excluding hydrogens is 310 g/mol. The van der Waals surface area contributed by atoms with Crippen LogP contribution in [0.3, 0.4) is 0 Å². The maximum atomic E-state index is 12.0. The molecule has 2 heterocycles. The molecule has 0 fully saturated rings. The molecule has 0 aliphatic rings. The maximum Gasteiger partial charge on any atom is 0.255 e. The van der Waals surface area contributed by atoms with Crippen molar-refractivity contribution < 1.29 is 9.53 Å². The van der Waals surface area contributed by atoms with Gasteiger partial charge in [-0.3, -0.25) is 4.79 Å². The van der Waals surface area contributed by atoms with Crippen molar-refractivity contribution in [2.45, 2.75) is 6.92 Å². The largest absolute Gasteiger partial charge is 0.478 e. The van der Waals surface area contributed by atoms with Gasteiger partial charge in [-0.25, -0.2) is 9.97 Å². The first-order valence-corrected chi connectivity index (χ1v) is 6.50. The number of hydrogen-bond acceptors (Lipinski definition) is 4. The van der Waals surface area contributed by atoms with E-state index in [0.29, 0.717) is 28.3 Å². The fourth-order valence-corrected chi connectivity index (χ4v) is 1.80. The Morgan fingerprint density at radius 2 is 2.21 bits per heavy atom. The van der Waals surface area contributed by atoms with Crippen molar-refractivity contribution >= 4 is 27.5 Å². The van der Waals surface area contributed by atoms with Crippen molar-refractivity contribution in [2.75, 3.05) is 11.9 Å². The van der Waals surface area contributed by atoms with E-state index in [-0.39, 0.29) is 5.91 Å². The number of carbonyl (C=O) groups excluding carboxylic acids is 1. The summed E-state index contributed by atoms with van der Waals surface area (Å²) in [5.41, 5.74) is 1.14. The molecule has 1 amide bonds. The molecule has 0 unspecified atom stereocenters. The summed E-state index contributed by atoms with van der Waals surface area (Å²) < 4.78 is 5.84. The lowest BCUT2D eigenvalue weighted by Gasteiger charge is -2.06. The van der Waals surface area contributed by atoms with Crippen LogP contribution in [-0.2, 0) is 0 Å². The van der Waals surface area contributed by atoms with Gasteiger partial charge in [-0.2, -0.15) is 0 Å². The lowest BCUT2D eigenvalue weighted by Crippen LogP contribution is -2.12. The number of aromatic nitrogens is 2. The van der Waals surface area contributed by atoms with E-state index in [9.17, 15) is 4.79 Å². The van der Waals surface area contributed by atoms with Crippen LogP contribution in [0.4, 0.5) is 5.69 Å².